The maximum atomic E-state index is 11.5. The number of carbonyl (C=O) groups is 1. The van der Waals surface area contributed by atoms with Gasteiger partial charge in [-0.1, -0.05) is 18.9 Å². The van der Waals surface area contributed by atoms with Gasteiger partial charge in [0.05, 0.1) is 11.2 Å². The summed E-state index contributed by atoms with van der Waals surface area (Å²) in [6.45, 7) is 3.76. The van der Waals surface area contributed by atoms with Crippen LogP contribution >= 0.6 is 0 Å². The minimum Gasteiger partial charge on any atom is -0.490 e. The summed E-state index contributed by atoms with van der Waals surface area (Å²) in [5.74, 6) is 0.575. The highest BCUT2D eigenvalue weighted by atomic mass is 16.5. The number of carbonyl (C=O) groups excluding carboxylic acids is 1. The molecule has 18 heavy (non-hydrogen) atoms. The molecule has 1 saturated carbocycles. The maximum absolute atomic E-state index is 11.5. The van der Waals surface area contributed by atoms with Crippen molar-refractivity contribution in [1.82, 2.24) is 0 Å². The van der Waals surface area contributed by atoms with Crippen LogP contribution in [0.1, 0.15) is 48.5 Å². The minimum absolute atomic E-state index is 0.0107. The highest BCUT2D eigenvalue weighted by Gasteiger charge is 2.32. The van der Waals surface area contributed by atoms with Crippen LogP contribution in [0.3, 0.4) is 0 Å². The molecule has 1 aliphatic rings. The average molecular weight is 248 g/mol. The number of hydrogen-bond donors (Lipinski definition) is 1. The lowest BCUT2D eigenvalue weighted by atomic mass is 10.0. The van der Waals surface area contributed by atoms with E-state index in [9.17, 15) is 9.90 Å². The second-order valence-electron chi connectivity index (χ2n) is 5.28. The van der Waals surface area contributed by atoms with Crippen LogP contribution in [0.2, 0.25) is 0 Å². The topological polar surface area (TPSA) is 46.5 Å². The van der Waals surface area contributed by atoms with Crippen molar-refractivity contribution in [2.75, 3.05) is 6.61 Å². The first kappa shape index (κ1) is 13.1. The van der Waals surface area contributed by atoms with E-state index in [1.165, 1.54) is 6.92 Å². The summed E-state index contributed by atoms with van der Waals surface area (Å²) in [5, 5.41) is 10.2. The molecule has 1 aromatic rings. The van der Waals surface area contributed by atoms with Crippen LogP contribution in [0.5, 0.6) is 5.75 Å². The fourth-order valence-electron chi connectivity index (χ4n) is 2.43. The van der Waals surface area contributed by atoms with Crippen molar-refractivity contribution in [3.05, 3.63) is 29.3 Å². The Balaban J connectivity index is 2.12. The quantitative estimate of drug-likeness (QED) is 0.833. The van der Waals surface area contributed by atoms with E-state index in [-0.39, 0.29) is 12.4 Å². The molecule has 1 aliphatic carbocycles. The largest absolute Gasteiger partial charge is 0.490 e. The van der Waals surface area contributed by atoms with Crippen molar-refractivity contribution in [1.29, 1.82) is 0 Å². The highest BCUT2D eigenvalue weighted by molar-refractivity contribution is 5.96. The molecule has 0 aromatic heterocycles. The number of hydrogen-bond acceptors (Lipinski definition) is 3. The molecule has 1 N–H and O–H groups in total. The average Bonchev–Trinajstić information content (AvgIpc) is 2.74. The molecule has 0 amide bonds. The van der Waals surface area contributed by atoms with E-state index in [0.717, 1.165) is 31.2 Å². The highest BCUT2D eigenvalue weighted by Crippen LogP contribution is 2.31. The van der Waals surface area contributed by atoms with Gasteiger partial charge in [-0.3, -0.25) is 4.79 Å². The monoisotopic (exact) mass is 248 g/mol. The fourth-order valence-corrected chi connectivity index (χ4v) is 2.43. The summed E-state index contributed by atoms with van der Waals surface area (Å²) in [6.07, 6.45) is 3.67. The van der Waals surface area contributed by atoms with Crippen LogP contribution in [0.4, 0.5) is 0 Å². The van der Waals surface area contributed by atoms with Gasteiger partial charge in [-0.2, -0.15) is 0 Å². The van der Waals surface area contributed by atoms with Crippen LogP contribution in [-0.4, -0.2) is 23.1 Å². The summed E-state index contributed by atoms with van der Waals surface area (Å²) in [7, 11) is 0. The molecule has 3 heteroatoms. The number of ketones is 1. The summed E-state index contributed by atoms with van der Waals surface area (Å²) in [4.78, 5) is 11.5. The Morgan fingerprint density at radius 3 is 2.67 bits per heavy atom. The van der Waals surface area contributed by atoms with Crippen molar-refractivity contribution in [2.24, 2.45) is 0 Å². The fraction of sp³-hybridized carbons (Fsp3) is 0.533. The van der Waals surface area contributed by atoms with E-state index in [0.29, 0.717) is 11.3 Å². The standard InChI is InChI=1S/C15H20O3/c1-11-5-6-13(12(2)16)14(9-11)18-10-15(17)7-3-4-8-15/h5-6,9,17H,3-4,7-8,10H2,1-2H3. The number of aryl methyl sites for hydroxylation is 1. The van der Waals surface area contributed by atoms with Crippen molar-refractivity contribution >= 4 is 5.78 Å². The van der Waals surface area contributed by atoms with Gasteiger partial charge in [-0.05, 0) is 44.4 Å². The van der Waals surface area contributed by atoms with Gasteiger partial charge in [0, 0.05) is 0 Å². The predicted molar refractivity (Wildman–Crippen MR) is 70.1 cm³/mol. The van der Waals surface area contributed by atoms with Gasteiger partial charge in [0.1, 0.15) is 12.4 Å². The van der Waals surface area contributed by atoms with Crippen LogP contribution in [0.15, 0.2) is 18.2 Å². The third kappa shape index (κ3) is 2.91. The van der Waals surface area contributed by atoms with Gasteiger partial charge in [-0.15, -0.1) is 0 Å². The smallest absolute Gasteiger partial charge is 0.163 e. The Morgan fingerprint density at radius 1 is 1.39 bits per heavy atom. The molecule has 3 nitrogen and oxygen atoms in total. The zero-order valence-corrected chi connectivity index (χ0v) is 11.0. The van der Waals surface area contributed by atoms with Crippen LogP contribution in [-0.2, 0) is 0 Å². The summed E-state index contributed by atoms with van der Waals surface area (Å²) < 4.78 is 5.70. The molecule has 0 aliphatic heterocycles. The number of rotatable bonds is 4. The Bertz CT molecular complexity index is 445. The Morgan fingerprint density at radius 2 is 2.06 bits per heavy atom. The van der Waals surface area contributed by atoms with E-state index >= 15 is 0 Å². The van der Waals surface area contributed by atoms with Crippen molar-refractivity contribution in [2.45, 2.75) is 45.1 Å². The third-order valence-electron chi connectivity index (χ3n) is 3.55. The number of benzene rings is 1. The molecule has 2 rings (SSSR count). The molecule has 0 bridgehead atoms. The molecule has 1 aromatic carbocycles. The van der Waals surface area contributed by atoms with E-state index in [2.05, 4.69) is 0 Å². The van der Waals surface area contributed by atoms with Crippen LogP contribution in [0, 0.1) is 6.92 Å². The Kier molecular flexibility index (Phi) is 3.71. The zero-order chi connectivity index (χ0) is 13.2. The lowest BCUT2D eigenvalue weighted by Gasteiger charge is -2.23. The zero-order valence-electron chi connectivity index (χ0n) is 11.0. The van der Waals surface area contributed by atoms with Crippen molar-refractivity contribution in [3.63, 3.8) is 0 Å². The molecular formula is C15H20O3. The number of aliphatic hydroxyl groups is 1. The van der Waals surface area contributed by atoms with Gasteiger partial charge in [0.2, 0.25) is 0 Å². The molecular weight excluding hydrogens is 228 g/mol. The summed E-state index contributed by atoms with van der Waals surface area (Å²) in [5.41, 5.74) is 0.924. The lowest BCUT2D eigenvalue weighted by molar-refractivity contribution is 0.00114. The molecule has 0 atom stereocenters. The van der Waals surface area contributed by atoms with E-state index in [1.807, 2.05) is 19.1 Å². The molecule has 0 saturated heterocycles. The van der Waals surface area contributed by atoms with Gasteiger partial charge in [-0.25, -0.2) is 0 Å². The summed E-state index contributed by atoms with van der Waals surface area (Å²) >= 11 is 0. The van der Waals surface area contributed by atoms with Gasteiger partial charge in [0.25, 0.3) is 0 Å². The first-order valence-corrected chi connectivity index (χ1v) is 6.47. The Labute approximate surface area is 108 Å². The maximum Gasteiger partial charge on any atom is 0.163 e. The molecule has 1 fully saturated rings. The minimum atomic E-state index is -0.711. The Hall–Kier alpha value is -1.35. The predicted octanol–water partition coefficient (Wildman–Crippen LogP) is 2.88. The molecule has 0 heterocycles. The molecule has 0 unspecified atom stereocenters. The molecule has 0 radical (unpaired) electrons. The summed E-state index contributed by atoms with van der Waals surface area (Å²) in [6, 6.07) is 5.54. The van der Waals surface area contributed by atoms with Crippen molar-refractivity contribution in [3.8, 4) is 5.75 Å². The lowest BCUT2D eigenvalue weighted by Crippen LogP contribution is -2.32. The van der Waals surface area contributed by atoms with Gasteiger partial charge in [0.15, 0.2) is 5.78 Å². The van der Waals surface area contributed by atoms with E-state index < -0.39 is 5.60 Å². The third-order valence-corrected chi connectivity index (χ3v) is 3.55. The normalized spacial score (nSPS) is 17.7. The second-order valence-corrected chi connectivity index (χ2v) is 5.28. The number of Topliss-reactive ketones (excluding diaryl/α,β-unsaturated/α-hetero) is 1. The van der Waals surface area contributed by atoms with Crippen LogP contribution in [0.25, 0.3) is 0 Å². The van der Waals surface area contributed by atoms with Gasteiger partial charge >= 0.3 is 0 Å². The molecule has 0 spiro atoms. The number of ether oxygens (including phenoxy) is 1. The van der Waals surface area contributed by atoms with E-state index in [4.69, 9.17) is 4.74 Å². The van der Waals surface area contributed by atoms with Gasteiger partial charge < -0.3 is 9.84 Å². The SMILES string of the molecule is CC(=O)c1ccc(C)cc1OCC1(O)CCCC1. The second kappa shape index (κ2) is 5.11. The van der Waals surface area contributed by atoms with E-state index in [1.54, 1.807) is 6.07 Å². The van der Waals surface area contributed by atoms with Crippen LogP contribution < -0.4 is 4.74 Å². The first-order valence-electron chi connectivity index (χ1n) is 6.47. The van der Waals surface area contributed by atoms with Crippen molar-refractivity contribution < 1.29 is 14.6 Å². The molecule has 98 valence electrons. The first-order chi connectivity index (χ1) is 8.50.